The Morgan fingerprint density at radius 1 is 0.882 bits per heavy atom. The molecule has 34 heavy (non-hydrogen) atoms. The molecule has 0 saturated carbocycles. The van der Waals surface area contributed by atoms with Crippen LogP contribution in [0.4, 0.5) is 10.5 Å². The standard InChI is InChI=1S/C26H20Cl2N2O4/c1-15-9-16(2)11-19(10-15)30-25(32)21(24(31)29-26(30)33)12-17-3-6-20(7-4-17)34-14-18-5-8-22(27)23(28)13-18/h3-13H,14H2,1-2H3,(H,29,31,33)/b21-12+. The number of aryl methyl sites for hydroxylation is 2. The van der Waals surface area contributed by atoms with Crippen molar-refractivity contribution in [1.29, 1.82) is 0 Å². The molecule has 1 heterocycles. The number of hydrogen-bond acceptors (Lipinski definition) is 4. The van der Waals surface area contributed by atoms with Crippen molar-refractivity contribution in [3.8, 4) is 5.75 Å². The van der Waals surface area contributed by atoms with E-state index in [0.29, 0.717) is 33.7 Å². The van der Waals surface area contributed by atoms with E-state index in [0.717, 1.165) is 21.6 Å². The van der Waals surface area contributed by atoms with E-state index in [-0.39, 0.29) is 5.57 Å². The SMILES string of the molecule is Cc1cc(C)cc(N2C(=O)NC(=O)/C(=C\c3ccc(OCc4ccc(Cl)c(Cl)c4)cc3)C2=O)c1. The lowest BCUT2D eigenvalue weighted by atomic mass is 10.1. The van der Waals surface area contributed by atoms with Crippen LogP contribution in [0.3, 0.4) is 0 Å². The van der Waals surface area contributed by atoms with Crippen molar-refractivity contribution in [2.45, 2.75) is 20.5 Å². The Morgan fingerprint density at radius 3 is 2.21 bits per heavy atom. The van der Waals surface area contributed by atoms with Crippen LogP contribution in [0.1, 0.15) is 22.3 Å². The Hall–Kier alpha value is -3.61. The van der Waals surface area contributed by atoms with Crippen LogP contribution in [0.15, 0.2) is 66.2 Å². The molecule has 3 aromatic rings. The summed E-state index contributed by atoms with van der Waals surface area (Å²) in [7, 11) is 0. The van der Waals surface area contributed by atoms with E-state index < -0.39 is 17.8 Å². The lowest BCUT2D eigenvalue weighted by Gasteiger charge is -2.27. The van der Waals surface area contributed by atoms with Gasteiger partial charge in [0.05, 0.1) is 15.7 Å². The van der Waals surface area contributed by atoms with Crippen LogP contribution < -0.4 is 15.0 Å². The molecule has 3 aromatic carbocycles. The number of carbonyl (C=O) groups excluding carboxylic acids is 3. The van der Waals surface area contributed by atoms with Gasteiger partial charge in [-0.3, -0.25) is 14.9 Å². The molecule has 0 radical (unpaired) electrons. The smallest absolute Gasteiger partial charge is 0.335 e. The number of urea groups is 1. The zero-order chi connectivity index (χ0) is 24.4. The van der Waals surface area contributed by atoms with Crippen LogP contribution in [-0.2, 0) is 16.2 Å². The molecule has 172 valence electrons. The molecule has 4 amide bonds. The van der Waals surface area contributed by atoms with Gasteiger partial charge in [-0.15, -0.1) is 0 Å². The maximum absolute atomic E-state index is 13.1. The highest BCUT2D eigenvalue weighted by atomic mass is 35.5. The molecule has 1 aliphatic heterocycles. The van der Waals surface area contributed by atoms with Gasteiger partial charge in [0, 0.05) is 0 Å². The number of nitrogens with one attached hydrogen (secondary N) is 1. The number of hydrogen-bond donors (Lipinski definition) is 1. The van der Waals surface area contributed by atoms with Crippen molar-refractivity contribution >= 4 is 52.8 Å². The van der Waals surface area contributed by atoms with Gasteiger partial charge >= 0.3 is 6.03 Å². The van der Waals surface area contributed by atoms with Crippen molar-refractivity contribution in [2.75, 3.05) is 4.90 Å². The minimum atomic E-state index is -0.775. The van der Waals surface area contributed by atoms with Gasteiger partial charge in [-0.2, -0.15) is 0 Å². The van der Waals surface area contributed by atoms with E-state index in [1.165, 1.54) is 6.08 Å². The maximum Gasteiger partial charge on any atom is 0.335 e. The fraction of sp³-hybridized carbons (Fsp3) is 0.115. The van der Waals surface area contributed by atoms with Crippen molar-refractivity contribution in [3.05, 3.63) is 98.5 Å². The van der Waals surface area contributed by atoms with Gasteiger partial charge in [0.1, 0.15) is 17.9 Å². The molecule has 0 aliphatic carbocycles. The summed E-state index contributed by atoms with van der Waals surface area (Å²) in [6, 6.07) is 16.7. The van der Waals surface area contributed by atoms with Crippen molar-refractivity contribution in [2.24, 2.45) is 0 Å². The van der Waals surface area contributed by atoms with Crippen LogP contribution in [0.25, 0.3) is 6.08 Å². The predicted octanol–water partition coefficient (Wildman–Crippen LogP) is 5.86. The number of rotatable bonds is 5. The van der Waals surface area contributed by atoms with Crippen LogP contribution in [0, 0.1) is 13.8 Å². The molecule has 6 nitrogen and oxygen atoms in total. The minimum absolute atomic E-state index is 0.136. The quantitative estimate of drug-likeness (QED) is 0.356. The van der Waals surface area contributed by atoms with Gasteiger partial charge in [-0.1, -0.05) is 47.5 Å². The number of nitrogens with zero attached hydrogens (tertiary/aromatic N) is 1. The van der Waals surface area contributed by atoms with Crippen LogP contribution >= 0.6 is 23.2 Å². The molecule has 1 aliphatic rings. The second kappa shape index (κ2) is 9.71. The predicted molar refractivity (Wildman–Crippen MR) is 132 cm³/mol. The Kier molecular flexibility index (Phi) is 6.72. The van der Waals surface area contributed by atoms with Crippen LogP contribution in [0.2, 0.25) is 10.0 Å². The summed E-state index contributed by atoms with van der Waals surface area (Å²) in [5.74, 6) is -0.825. The highest BCUT2D eigenvalue weighted by Gasteiger charge is 2.36. The number of imide groups is 2. The zero-order valence-electron chi connectivity index (χ0n) is 18.4. The first-order chi connectivity index (χ1) is 16.2. The van der Waals surface area contributed by atoms with E-state index in [1.807, 2.05) is 26.0 Å². The highest BCUT2D eigenvalue weighted by Crippen LogP contribution is 2.26. The maximum atomic E-state index is 13.1. The first-order valence-electron chi connectivity index (χ1n) is 10.4. The summed E-state index contributed by atoms with van der Waals surface area (Å²) in [6.07, 6.45) is 1.45. The van der Waals surface area contributed by atoms with E-state index in [1.54, 1.807) is 48.5 Å². The normalized spacial score (nSPS) is 15.0. The average molecular weight is 495 g/mol. The lowest BCUT2D eigenvalue weighted by Crippen LogP contribution is -2.54. The van der Waals surface area contributed by atoms with Gasteiger partial charge in [-0.25, -0.2) is 9.69 Å². The van der Waals surface area contributed by atoms with Crippen LogP contribution in [0.5, 0.6) is 5.75 Å². The summed E-state index contributed by atoms with van der Waals surface area (Å²) in [4.78, 5) is 38.9. The Morgan fingerprint density at radius 2 is 1.56 bits per heavy atom. The zero-order valence-corrected chi connectivity index (χ0v) is 19.9. The van der Waals surface area contributed by atoms with Crippen molar-refractivity contribution in [3.63, 3.8) is 0 Å². The van der Waals surface area contributed by atoms with E-state index >= 15 is 0 Å². The summed E-state index contributed by atoms with van der Waals surface area (Å²) in [5.41, 5.74) is 3.54. The molecule has 1 saturated heterocycles. The fourth-order valence-corrected chi connectivity index (χ4v) is 3.92. The van der Waals surface area contributed by atoms with Crippen molar-refractivity contribution in [1.82, 2.24) is 5.32 Å². The average Bonchev–Trinajstić information content (AvgIpc) is 2.77. The third-order valence-electron chi connectivity index (χ3n) is 5.15. The monoisotopic (exact) mass is 494 g/mol. The second-order valence-corrected chi connectivity index (χ2v) is 8.72. The molecule has 0 spiro atoms. The van der Waals surface area contributed by atoms with Gasteiger partial charge in [0.2, 0.25) is 0 Å². The molecular weight excluding hydrogens is 475 g/mol. The Labute approximate surface area is 206 Å². The number of amides is 4. The topological polar surface area (TPSA) is 75.7 Å². The van der Waals surface area contributed by atoms with E-state index in [4.69, 9.17) is 27.9 Å². The summed E-state index contributed by atoms with van der Waals surface area (Å²) >= 11 is 12.0. The fourth-order valence-electron chi connectivity index (χ4n) is 3.59. The summed E-state index contributed by atoms with van der Waals surface area (Å²) in [5, 5.41) is 3.17. The first-order valence-corrected chi connectivity index (χ1v) is 11.1. The molecule has 1 fully saturated rings. The summed E-state index contributed by atoms with van der Waals surface area (Å²) < 4.78 is 5.76. The molecule has 0 aromatic heterocycles. The Bertz CT molecular complexity index is 1310. The largest absolute Gasteiger partial charge is 0.489 e. The van der Waals surface area contributed by atoms with Crippen LogP contribution in [-0.4, -0.2) is 17.8 Å². The molecule has 8 heteroatoms. The second-order valence-electron chi connectivity index (χ2n) is 7.91. The molecule has 1 N–H and O–H groups in total. The number of benzene rings is 3. The van der Waals surface area contributed by atoms with Gasteiger partial charge in [0.25, 0.3) is 11.8 Å². The molecule has 0 unspecified atom stereocenters. The third kappa shape index (κ3) is 5.14. The molecule has 4 rings (SSSR count). The first kappa shape index (κ1) is 23.5. The summed E-state index contributed by atoms with van der Waals surface area (Å²) in [6.45, 7) is 4.04. The number of barbiturate groups is 1. The number of ether oxygens (including phenoxy) is 1. The van der Waals surface area contributed by atoms with Gasteiger partial charge in [0.15, 0.2) is 0 Å². The molecule has 0 bridgehead atoms. The highest BCUT2D eigenvalue weighted by molar-refractivity contribution is 6.42. The minimum Gasteiger partial charge on any atom is -0.489 e. The number of anilines is 1. The van der Waals surface area contributed by atoms with E-state index in [2.05, 4.69) is 5.32 Å². The van der Waals surface area contributed by atoms with Gasteiger partial charge in [-0.05, 0) is 78.6 Å². The molecular formula is C26H20Cl2N2O4. The Balaban J connectivity index is 1.52. The number of halogens is 2. The lowest BCUT2D eigenvalue weighted by molar-refractivity contribution is -0.122. The van der Waals surface area contributed by atoms with Gasteiger partial charge < -0.3 is 4.74 Å². The third-order valence-corrected chi connectivity index (χ3v) is 5.89. The molecule has 0 atom stereocenters. The number of carbonyl (C=O) groups is 3. The van der Waals surface area contributed by atoms with Crippen molar-refractivity contribution < 1.29 is 19.1 Å². The van der Waals surface area contributed by atoms with E-state index in [9.17, 15) is 14.4 Å².